The van der Waals surface area contributed by atoms with Gasteiger partial charge >= 0.3 is 0 Å². The van der Waals surface area contributed by atoms with E-state index in [1.165, 1.54) is 0 Å². The van der Waals surface area contributed by atoms with Gasteiger partial charge in [0.15, 0.2) is 0 Å². The second kappa shape index (κ2) is 4.47. The van der Waals surface area contributed by atoms with Gasteiger partial charge < -0.3 is 10.6 Å². The number of fused-ring (bicyclic) bond motifs is 1. The van der Waals surface area contributed by atoms with E-state index >= 15 is 0 Å². The number of anilines is 1. The number of carbonyl (C=O) groups is 1. The molecule has 1 aliphatic rings. The molecule has 0 spiro atoms. The molecule has 1 aromatic heterocycles. The van der Waals surface area contributed by atoms with Gasteiger partial charge in [0.25, 0.3) is 5.91 Å². The van der Waals surface area contributed by atoms with Gasteiger partial charge in [-0.15, -0.1) is 0 Å². The molecule has 20 heavy (non-hydrogen) atoms. The Morgan fingerprint density at radius 1 is 1.30 bits per heavy atom. The minimum absolute atomic E-state index is 0.0353. The van der Waals surface area contributed by atoms with E-state index in [0.29, 0.717) is 5.56 Å². The smallest absolute Gasteiger partial charge is 0.253 e. The highest BCUT2D eigenvalue weighted by molar-refractivity contribution is 6.09. The van der Waals surface area contributed by atoms with Crippen LogP contribution in [-0.4, -0.2) is 24.0 Å². The summed E-state index contributed by atoms with van der Waals surface area (Å²) < 4.78 is 0. The molecule has 0 aliphatic heterocycles. The Morgan fingerprint density at radius 2 is 1.95 bits per heavy atom. The molecule has 2 N–H and O–H groups in total. The van der Waals surface area contributed by atoms with Crippen molar-refractivity contribution in [1.29, 1.82) is 0 Å². The number of pyridine rings is 1. The van der Waals surface area contributed by atoms with Crippen molar-refractivity contribution in [2.24, 2.45) is 5.41 Å². The summed E-state index contributed by atoms with van der Waals surface area (Å²) >= 11 is 0. The van der Waals surface area contributed by atoms with Crippen LogP contribution in [0.15, 0.2) is 30.5 Å². The first-order chi connectivity index (χ1) is 9.53. The van der Waals surface area contributed by atoms with Crippen molar-refractivity contribution >= 4 is 22.5 Å². The lowest BCUT2D eigenvalue weighted by molar-refractivity contribution is 0.0947. The zero-order chi connectivity index (χ0) is 14.3. The molecule has 1 unspecified atom stereocenters. The summed E-state index contributed by atoms with van der Waals surface area (Å²) in [5.74, 6) is 0.760. The Hall–Kier alpha value is -2.10. The van der Waals surface area contributed by atoms with Crippen LogP contribution in [0.4, 0.5) is 5.82 Å². The quantitative estimate of drug-likeness (QED) is 0.901. The summed E-state index contributed by atoms with van der Waals surface area (Å²) in [4.78, 5) is 16.8. The molecule has 1 saturated carbocycles. The maximum atomic E-state index is 12.4. The maximum absolute atomic E-state index is 12.4. The molecule has 1 atom stereocenters. The molecule has 1 amide bonds. The highest BCUT2D eigenvalue weighted by Gasteiger charge is 2.46. The van der Waals surface area contributed by atoms with Crippen LogP contribution in [-0.2, 0) is 0 Å². The predicted molar refractivity (Wildman–Crippen MR) is 80.9 cm³/mol. The van der Waals surface area contributed by atoms with E-state index in [1.54, 1.807) is 6.20 Å². The molecule has 1 fully saturated rings. The van der Waals surface area contributed by atoms with Crippen LogP contribution in [0.25, 0.3) is 10.8 Å². The Kier molecular flexibility index (Phi) is 2.89. The summed E-state index contributed by atoms with van der Waals surface area (Å²) in [5, 5.41) is 8.05. The standard InChI is InChI=1S/C16H19N3O/c1-16(2)8-13(16)19-15(20)12-9-18-14(17-3)11-7-5-4-6-10(11)12/h4-7,9,13H,8H2,1-3H3,(H,17,18)(H,19,20). The van der Waals surface area contributed by atoms with Crippen molar-refractivity contribution in [3.05, 3.63) is 36.0 Å². The van der Waals surface area contributed by atoms with Crippen LogP contribution < -0.4 is 10.6 Å². The number of rotatable bonds is 3. The molecule has 4 heteroatoms. The molecule has 1 heterocycles. The van der Waals surface area contributed by atoms with Crippen LogP contribution in [0.3, 0.4) is 0 Å². The van der Waals surface area contributed by atoms with Gasteiger partial charge in [-0.05, 0) is 17.2 Å². The summed E-state index contributed by atoms with van der Waals surface area (Å²) in [7, 11) is 1.83. The zero-order valence-corrected chi connectivity index (χ0v) is 12.0. The first kappa shape index (κ1) is 12.9. The van der Waals surface area contributed by atoms with Crippen LogP contribution in [0.1, 0.15) is 30.6 Å². The molecular formula is C16H19N3O. The van der Waals surface area contributed by atoms with E-state index in [4.69, 9.17) is 0 Å². The molecule has 3 rings (SSSR count). The monoisotopic (exact) mass is 269 g/mol. The third kappa shape index (κ3) is 2.11. The Bertz CT molecular complexity index is 678. The minimum atomic E-state index is -0.0353. The fourth-order valence-corrected chi connectivity index (χ4v) is 2.52. The van der Waals surface area contributed by atoms with Crippen LogP contribution >= 0.6 is 0 Å². The third-order valence-electron chi connectivity index (χ3n) is 4.10. The summed E-state index contributed by atoms with van der Waals surface area (Å²) in [5.41, 5.74) is 0.867. The number of hydrogen-bond donors (Lipinski definition) is 2. The number of hydrogen-bond acceptors (Lipinski definition) is 3. The second-order valence-corrected chi connectivity index (χ2v) is 6.03. The van der Waals surface area contributed by atoms with Crippen molar-refractivity contribution in [1.82, 2.24) is 10.3 Å². The van der Waals surface area contributed by atoms with Gasteiger partial charge in [-0.1, -0.05) is 38.1 Å². The lowest BCUT2D eigenvalue weighted by atomic mass is 10.1. The Balaban J connectivity index is 1.98. The first-order valence-electron chi connectivity index (χ1n) is 6.89. The number of benzene rings is 1. The molecule has 2 aromatic rings. The van der Waals surface area contributed by atoms with Crippen molar-refractivity contribution in [2.75, 3.05) is 12.4 Å². The lowest BCUT2D eigenvalue weighted by Crippen LogP contribution is -2.28. The normalized spacial score (nSPS) is 19.6. The fourth-order valence-electron chi connectivity index (χ4n) is 2.52. The number of nitrogens with zero attached hydrogens (tertiary/aromatic N) is 1. The average molecular weight is 269 g/mol. The van der Waals surface area contributed by atoms with Crippen molar-refractivity contribution < 1.29 is 4.79 Å². The molecule has 0 radical (unpaired) electrons. The van der Waals surface area contributed by atoms with E-state index in [1.807, 2.05) is 31.3 Å². The number of aromatic nitrogens is 1. The van der Waals surface area contributed by atoms with Crippen molar-refractivity contribution in [2.45, 2.75) is 26.3 Å². The van der Waals surface area contributed by atoms with Gasteiger partial charge in [0.05, 0.1) is 5.56 Å². The van der Waals surface area contributed by atoms with Gasteiger partial charge in [-0.3, -0.25) is 4.79 Å². The highest BCUT2D eigenvalue weighted by atomic mass is 16.1. The van der Waals surface area contributed by atoms with Gasteiger partial charge in [-0.2, -0.15) is 0 Å². The van der Waals surface area contributed by atoms with Gasteiger partial charge in [0.1, 0.15) is 5.82 Å². The molecule has 1 aromatic carbocycles. The van der Waals surface area contributed by atoms with Gasteiger partial charge in [0.2, 0.25) is 0 Å². The number of nitrogens with one attached hydrogen (secondary N) is 2. The third-order valence-corrected chi connectivity index (χ3v) is 4.10. The van der Waals surface area contributed by atoms with Crippen LogP contribution in [0, 0.1) is 5.41 Å². The topological polar surface area (TPSA) is 54.0 Å². The van der Waals surface area contributed by atoms with Crippen molar-refractivity contribution in [3.8, 4) is 0 Å². The minimum Gasteiger partial charge on any atom is -0.373 e. The highest BCUT2D eigenvalue weighted by Crippen LogP contribution is 2.44. The average Bonchev–Trinajstić information content (AvgIpc) is 3.04. The largest absolute Gasteiger partial charge is 0.373 e. The molecule has 0 saturated heterocycles. The summed E-state index contributed by atoms with van der Waals surface area (Å²) in [6.07, 6.45) is 2.69. The number of carbonyl (C=O) groups excluding carboxylic acids is 1. The Labute approximate surface area is 118 Å². The van der Waals surface area contributed by atoms with E-state index in [-0.39, 0.29) is 17.4 Å². The summed E-state index contributed by atoms with van der Waals surface area (Å²) in [6.45, 7) is 4.33. The van der Waals surface area contributed by atoms with Crippen molar-refractivity contribution in [3.63, 3.8) is 0 Å². The predicted octanol–water partition coefficient (Wildman–Crippen LogP) is 2.80. The van der Waals surface area contributed by atoms with Gasteiger partial charge in [0, 0.05) is 24.7 Å². The molecule has 1 aliphatic carbocycles. The molecule has 0 bridgehead atoms. The lowest BCUT2D eigenvalue weighted by Gasteiger charge is -2.11. The first-order valence-corrected chi connectivity index (χ1v) is 6.89. The fraction of sp³-hybridized carbons (Fsp3) is 0.375. The van der Waals surface area contributed by atoms with Gasteiger partial charge in [-0.25, -0.2) is 4.98 Å². The molecular weight excluding hydrogens is 250 g/mol. The van der Waals surface area contributed by atoms with E-state index in [0.717, 1.165) is 23.0 Å². The van der Waals surface area contributed by atoms with Crippen LogP contribution in [0.2, 0.25) is 0 Å². The SMILES string of the molecule is CNc1ncc(C(=O)NC2CC2(C)C)c2ccccc12. The van der Waals surface area contributed by atoms with E-state index in [2.05, 4.69) is 29.5 Å². The summed E-state index contributed by atoms with van der Waals surface area (Å²) in [6, 6.07) is 8.12. The second-order valence-electron chi connectivity index (χ2n) is 6.03. The number of amides is 1. The Morgan fingerprint density at radius 3 is 2.55 bits per heavy atom. The zero-order valence-electron chi connectivity index (χ0n) is 12.0. The van der Waals surface area contributed by atoms with E-state index in [9.17, 15) is 4.79 Å². The molecule has 4 nitrogen and oxygen atoms in total. The molecule has 104 valence electrons. The van der Waals surface area contributed by atoms with E-state index < -0.39 is 0 Å². The maximum Gasteiger partial charge on any atom is 0.253 e. The van der Waals surface area contributed by atoms with Crippen LogP contribution in [0.5, 0.6) is 0 Å².